The van der Waals surface area contributed by atoms with E-state index in [-0.39, 0.29) is 11.9 Å². The maximum atomic E-state index is 12.7. The van der Waals surface area contributed by atoms with E-state index >= 15 is 0 Å². The fraction of sp³-hybridized carbons (Fsp3) is 0.250. The molecule has 11 heteroatoms. The molecule has 1 fully saturated rings. The minimum Gasteiger partial charge on any atom is -0.415 e. The van der Waals surface area contributed by atoms with Crippen molar-refractivity contribution in [1.82, 2.24) is 24.9 Å². The third-order valence-electron chi connectivity index (χ3n) is 5.55. The number of amides is 2. The molecule has 35 heavy (non-hydrogen) atoms. The number of carbonyl (C=O) groups excluding carboxylic acids is 1. The van der Waals surface area contributed by atoms with Crippen LogP contribution in [0.4, 0.5) is 19.3 Å². The van der Waals surface area contributed by atoms with Crippen molar-refractivity contribution in [2.75, 3.05) is 31.6 Å². The first-order chi connectivity index (χ1) is 17.0. The summed E-state index contributed by atoms with van der Waals surface area (Å²) < 4.78 is 37.4. The predicted octanol–water partition coefficient (Wildman–Crippen LogP) is 4.45. The van der Waals surface area contributed by atoms with Crippen molar-refractivity contribution >= 4 is 11.7 Å². The molecule has 1 aliphatic rings. The predicted molar refractivity (Wildman–Crippen MR) is 123 cm³/mol. The first-order valence-corrected chi connectivity index (χ1v) is 11.0. The fourth-order valence-electron chi connectivity index (χ4n) is 3.72. The van der Waals surface area contributed by atoms with Gasteiger partial charge < -0.3 is 19.4 Å². The summed E-state index contributed by atoms with van der Waals surface area (Å²) >= 11 is 0. The van der Waals surface area contributed by atoms with E-state index in [2.05, 4.69) is 20.6 Å². The third-order valence-corrected chi connectivity index (χ3v) is 5.55. The van der Waals surface area contributed by atoms with Crippen molar-refractivity contribution in [3.63, 3.8) is 0 Å². The third kappa shape index (κ3) is 5.35. The van der Waals surface area contributed by atoms with Gasteiger partial charge in [-0.05, 0) is 35.4 Å². The second kappa shape index (κ2) is 10.0. The molecule has 5 rings (SSSR count). The van der Waals surface area contributed by atoms with Crippen LogP contribution in [0, 0.1) is 0 Å². The molecule has 0 radical (unpaired) electrons. The van der Waals surface area contributed by atoms with Crippen molar-refractivity contribution in [3.05, 3.63) is 72.4 Å². The number of carbonyl (C=O) groups is 1. The highest BCUT2D eigenvalue weighted by molar-refractivity contribution is 5.90. The second-order valence-corrected chi connectivity index (χ2v) is 7.98. The molecule has 2 aromatic heterocycles. The summed E-state index contributed by atoms with van der Waals surface area (Å²) in [7, 11) is 0. The van der Waals surface area contributed by atoms with Gasteiger partial charge in [0.25, 0.3) is 5.89 Å². The Morgan fingerprint density at radius 3 is 2.57 bits per heavy atom. The summed E-state index contributed by atoms with van der Waals surface area (Å²) in [5.41, 5.74) is 4.07. The van der Waals surface area contributed by atoms with Crippen LogP contribution in [0.3, 0.4) is 0 Å². The molecule has 0 unspecified atom stereocenters. The molecule has 0 spiro atoms. The molecule has 0 aliphatic carbocycles. The molecule has 2 aromatic carbocycles. The number of morpholine rings is 1. The zero-order chi connectivity index (χ0) is 24.2. The monoisotopic (exact) mass is 480 g/mol. The highest BCUT2D eigenvalue weighted by atomic mass is 19.3. The second-order valence-electron chi connectivity index (χ2n) is 7.98. The zero-order valence-electron chi connectivity index (χ0n) is 18.6. The van der Waals surface area contributed by atoms with Gasteiger partial charge >= 0.3 is 12.5 Å². The lowest BCUT2D eigenvalue weighted by Gasteiger charge is -2.27. The molecular weight excluding hydrogens is 458 g/mol. The van der Waals surface area contributed by atoms with Gasteiger partial charge in [-0.25, -0.2) is 4.79 Å². The molecule has 3 heterocycles. The summed E-state index contributed by atoms with van der Waals surface area (Å²) in [6.45, 7) is 2.76. The van der Waals surface area contributed by atoms with Gasteiger partial charge in [-0.3, -0.25) is 4.68 Å². The lowest BCUT2D eigenvalue weighted by Crippen LogP contribution is -2.43. The van der Waals surface area contributed by atoms with Crippen molar-refractivity contribution < 1.29 is 22.7 Å². The summed E-state index contributed by atoms with van der Waals surface area (Å²) in [5.74, 6) is -0.647. The van der Waals surface area contributed by atoms with Gasteiger partial charge in [-0.15, -0.1) is 10.2 Å². The Labute approximate surface area is 199 Å². The van der Waals surface area contributed by atoms with Crippen LogP contribution in [0.25, 0.3) is 22.6 Å². The van der Waals surface area contributed by atoms with E-state index in [0.29, 0.717) is 44.1 Å². The van der Waals surface area contributed by atoms with E-state index in [9.17, 15) is 13.6 Å². The van der Waals surface area contributed by atoms with Gasteiger partial charge in [0.05, 0.1) is 26.0 Å². The van der Waals surface area contributed by atoms with Crippen LogP contribution in [-0.2, 0) is 11.3 Å². The number of nitrogens with zero attached hydrogens (tertiary/aromatic N) is 5. The number of hydrogen-bond donors (Lipinski definition) is 1. The van der Waals surface area contributed by atoms with Gasteiger partial charge in [-0.2, -0.15) is 13.9 Å². The summed E-state index contributed by atoms with van der Waals surface area (Å²) in [4.78, 5) is 14.2. The Kier molecular flexibility index (Phi) is 6.49. The number of nitrogens with one attached hydrogen (secondary N) is 1. The van der Waals surface area contributed by atoms with E-state index < -0.39 is 12.3 Å². The summed E-state index contributed by atoms with van der Waals surface area (Å²) in [5, 5.41) is 14.4. The molecule has 1 saturated heterocycles. The quantitative estimate of drug-likeness (QED) is 0.438. The molecular formula is C24H22F2N6O3. The standard InChI is InChI=1S/C24H22F2N6O3/c25-21(26)23-30-29-22(35-23)17-6-4-16(5-7-17)14-32-15-19(13-27-32)18-2-1-3-20(12-18)28-24(33)31-8-10-34-11-9-31/h1-7,12-13,15,21H,8-11,14H2,(H,28,33). The maximum Gasteiger partial charge on any atom is 0.321 e. The summed E-state index contributed by atoms with van der Waals surface area (Å²) in [6.07, 6.45) is 0.886. The SMILES string of the molecule is O=C(Nc1cccc(-c2cnn(Cc3ccc(-c4nnc(C(F)F)o4)cc3)c2)c1)N1CCOCC1. The number of rotatable bonds is 6. The molecule has 0 saturated carbocycles. The Bertz CT molecular complexity index is 1300. The number of ether oxygens (including phenoxy) is 1. The molecule has 0 bridgehead atoms. The number of halogens is 2. The van der Waals surface area contributed by atoms with Crippen LogP contribution in [0.1, 0.15) is 17.9 Å². The van der Waals surface area contributed by atoms with Gasteiger partial charge in [0.2, 0.25) is 5.89 Å². The Morgan fingerprint density at radius 2 is 1.83 bits per heavy atom. The normalized spacial score (nSPS) is 13.9. The van der Waals surface area contributed by atoms with Crippen LogP contribution < -0.4 is 5.32 Å². The van der Waals surface area contributed by atoms with E-state index in [1.807, 2.05) is 42.6 Å². The molecule has 180 valence electrons. The van der Waals surface area contributed by atoms with Gasteiger partial charge in [0.1, 0.15) is 0 Å². The van der Waals surface area contributed by atoms with Crippen molar-refractivity contribution in [3.8, 4) is 22.6 Å². The van der Waals surface area contributed by atoms with Crippen LogP contribution in [-0.4, -0.2) is 57.2 Å². The summed E-state index contributed by atoms with van der Waals surface area (Å²) in [6, 6.07) is 14.6. The average molecular weight is 480 g/mol. The van der Waals surface area contributed by atoms with Gasteiger partial charge in [-0.1, -0.05) is 24.3 Å². The minimum absolute atomic E-state index is 0.0498. The number of aromatic nitrogens is 4. The van der Waals surface area contributed by atoms with Crippen molar-refractivity contribution in [1.29, 1.82) is 0 Å². The number of anilines is 1. The van der Waals surface area contributed by atoms with Gasteiger partial charge in [0.15, 0.2) is 0 Å². The molecule has 1 N–H and O–H groups in total. The van der Waals surface area contributed by atoms with Crippen molar-refractivity contribution in [2.24, 2.45) is 0 Å². The lowest BCUT2D eigenvalue weighted by atomic mass is 10.1. The molecule has 2 amide bonds. The van der Waals surface area contributed by atoms with Crippen LogP contribution in [0.2, 0.25) is 0 Å². The highest BCUT2D eigenvalue weighted by Crippen LogP contribution is 2.25. The average Bonchev–Trinajstić information content (AvgIpc) is 3.56. The van der Waals surface area contributed by atoms with E-state index in [0.717, 1.165) is 16.7 Å². The highest BCUT2D eigenvalue weighted by Gasteiger charge is 2.18. The Morgan fingerprint density at radius 1 is 1.03 bits per heavy atom. The smallest absolute Gasteiger partial charge is 0.321 e. The van der Waals surface area contributed by atoms with Crippen molar-refractivity contribution in [2.45, 2.75) is 13.0 Å². The van der Waals surface area contributed by atoms with Crippen LogP contribution in [0.15, 0.2) is 65.3 Å². The first-order valence-electron chi connectivity index (χ1n) is 11.0. The molecule has 1 aliphatic heterocycles. The van der Waals surface area contributed by atoms with E-state index in [4.69, 9.17) is 9.15 Å². The molecule has 0 atom stereocenters. The number of urea groups is 1. The molecule has 9 nitrogen and oxygen atoms in total. The fourth-order valence-corrected chi connectivity index (χ4v) is 3.72. The molecule has 4 aromatic rings. The number of hydrogen-bond acceptors (Lipinski definition) is 6. The largest absolute Gasteiger partial charge is 0.415 e. The van der Waals surface area contributed by atoms with E-state index in [1.54, 1.807) is 27.9 Å². The minimum atomic E-state index is -2.80. The van der Waals surface area contributed by atoms with Crippen LogP contribution >= 0.6 is 0 Å². The number of alkyl halides is 2. The maximum absolute atomic E-state index is 12.7. The Balaban J connectivity index is 1.23. The Hall–Kier alpha value is -4.12. The lowest BCUT2D eigenvalue weighted by molar-refractivity contribution is 0.0564. The topological polar surface area (TPSA) is 98.3 Å². The first kappa shape index (κ1) is 22.7. The zero-order valence-corrected chi connectivity index (χ0v) is 18.6. The van der Waals surface area contributed by atoms with Gasteiger partial charge in [0, 0.05) is 36.1 Å². The number of benzene rings is 2. The van der Waals surface area contributed by atoms with Crippen LogP contribution in [0.5, 0.6) is 0 Å². The van der Waals surface area contributed by atoms with E-state index in [1.165, 1.54) is 0 Å².